The van der Waals surface area contributed by atoms with Gasteiger partial charge >= 0.3 is 0 Å². The maximum atomic E-state index is 13.6. The Morgan fingerprint density at radius 1 is 1.11 bits per heavy atom. The van der Waals surface area contributed by atoms with Crippen LogP contribution in [0.15, 0.2) is 42.5 Å². The van der Waals surface area contributed by atoms with Gasteiger partial charge in [-0.2, -0.15) is 0 Å². The number of rotatable bonds is 6. The Kier molecular flexibility index (Phi) is 6.26. The SMILES string of the molecule is COc1ccc(CC2O[C@H](CN)C(Cc3cc(F)cc(F)c3)N2C(C)=O)cc1. The first-order valence-electron chi connectivity index (χ1n) is 9.13. The molecule has 1 aliphatic rings. The van der Waals surface area contributed by atoms with Gasteiger partial charge in [0, 0.05) is 26.0 Å². The number of ether oxygens (including phenoxy) is 2. The molecule has 7 heteroatoms. The van der Waals surface area contributed by atoms with Crippen molar-refractivity contribution in [2.45, 2.75) is 38.1 Å². The number of benzene rings is 2. The van der Waals surface area contributed by atoms with Gasteiger partial charge in [-0.1, -0.05) is 12.1 Å². The molecule has 0 saturated carbocycles. The van der Waals surface area contributed by atoms with Crippen molar-refractivity contribution < 1.29 is 23.0 Å². The van der Waals surface area contributed by atoms with E-state index in [1.165, 1.54) is 19.1 Å². The number of nitrogens with two attached hydrogens (primary N) is 1. The summed E-state index contributed by atoms with van der Waals surface area (Å²) in [6, 6.07) is 10.5. The first-order chi connectivity index (χ1) is 13.4. The van der Waals surface area contributed by atoms with Crippen LogP contribution in [0.4, 0.5) is 8.78 Å². The Morgan fingerprint density at radius 3 is 2.29 bits per heavy atom. The fourth-order valence-corrected chi connectivity index (χ4v) is 3.71. The lowest BCUT2D eigenvalue weighted by molar-refractivity contribution is -0.135. The van der Waals surface area contributed by atoms with Crippen molar-refractivity contribution in [2.24, 2.45) is 5.73 Å². The van der Waals surface area contributed by atoms with Gasteiger partial charge in [-0.15, -0.1) is 0 Å². The molecule has 2 unspecified atom stereocenters. The molecule has 0 spiro atoms. The lowest BCUT2D eigenvalue weighted by Crippen LogP contribution is -2.45. The summed E-state index contributed by atoms with van der Waals surface area (Å²) in [5.74, 6) is -0.730. The van der Waals surface area contributed by atoms with Crippen LogP contribution in [0.5, 0.6) is 5.75 Å². The predicted octanol–water partition coefficient (Wildman–Crippen LogP) is 2.66. The quantitative estimate of drug-likeness (QED) is 0.824. The monoisotopic (exact) mass is 390 g/mol. The molecule has 0 radical (unpaired) electrons. The van der Waals surface area contributed by atoms with E-state index in [0.29, 0.717) is 12.0 Å². The minimum Gasteiger partial charge on any atom is -0.497 e. The summed E-state index contributed by atoms with van der Waals surface area (Å²) < 4.78 is 38.4. The normalized spacial score (nSPS) is 21.8. The second-order valence-electron chi connectivity index (χ2n) is 6.89. The molecule has 1 saturated heterocycles. The van der Waals surface area contributed by atoms with Crippen molar-refractivity contribution in [1.29, 1.82) is 0 Å². The van der Waals surface area contributed by atoms with E-state index in [1.54, 1.807) is 12.0 Å². The number of amides is 1. The molecular formula is C21H24F2N2O3. The van der Waals surface area contributed by atoms with Gasteiger partial charge in [-0.05, 0) is 41.8 Å². The van der Waals surface area contributed by atoms with Crippen LogP contribution < -0.4 is 10.5 Å². The summed E-state index contributed by atoms with van der Waals surface area (Å²) in [6.45, 7) is 1.66. The Balaban J connectivity index is 1.83. The number of methoxy groups -OCH3 is 1. The second-order valence-corrected chi connectivity index (χ2v) is 6.89. The van der Waals surface area contributed by atoms with Crippen molar-refractivity contribution in [3.05, 3.63) is 65.2 Å². The number of nitrogens with zero attached hydrogens (tertiary/aromatic N) is 1. The van der Waals surface area contributed by atoms with Gasteiger partial charge in [-0.25, -0.2) is 8.78 Å². The number of hydrogen-bond donors (Lipinski definition) is 1. The predicted molar refractivity (Wildman–Crippen MR) is 101 cm³/mol. The van der Waals surface area contributed by atoms with Crippen molar-refractivity contribution in [3.8, 4) is 5.75 Å². The zero-order valence-electron chi connectivity index (χ0n) is 15.9. The molecule has 0 aromatic heterocycles. The highest BCUT2D eigenvalue weighted by Gasteiger charge is 2.42. The van der Waals surface area contributed by atoms with E-state index in [1.807, 2.05) is 24.3 Å². The standard InChI is InChI=1S/C21H24F2N2O3/c1-13(26)25-19(9-15-7-16(22)11-17(23)8-15)20(12-24)28-21(25)10-14-3-5-18(27-2)6-4-14/h3-8,11,19-21H,9-10,12,24H2,1-2H3/t19?,20-,21?/m1/s1. The molecule has 1 fully saturated rings. The highest BCUT2D eigenvalue weighted by molar-refractivity contribution is 5.74. The molecule has 1 heterocycles. The summed E-state index contributed by atoms with van der Waals surface area (Å²) in [7, 11) is 1.60. The van der Waals surface area contributed by atoms with Crippen LogP contribution >= 0.6 is 0 Å². The number of halogens is 2. The summed E-state index contributed by atoms with van der Waals surface area (Å²) in [5.41, 5.74) is 7.30. The maximum absolute atomic E-state index is 13.6. The van der Waals surface area contributed by atoms with Crippen LogP contribution in [0.1, 0.15) is 18.1 Å². The van der Waals surface area contributed by atoms with Crippen LogP contribution in [0.3, 0.4) is 0 Å². The fraction of sp³-hybridized carbons (Fsp3) is 0.381. The molecule has 0 aliphatic carbocycles. The number of hydrogen-bond acceptors (Lipinski definition) is 4. The molecule has 2 N–H and O–H groups in total. The van der Waals surface area contributed by atoms with Crippen LogP contribution in [-0.4, -0.2) is 42.8 Å². The number of carbonyl (C=O) groups is 1. The van der Waals surface area contributed by atoms with Crippen LogP contribution in [0.25, 0.3) is 0 Å². The van der Waals surface area contributed by atoms with Crippen LogP contribution in [0.2, 0.25) is 0 Å². The summed E-state index contributed by atoms with van der Waals surface area (Å²) in [4.78, 5) is 14.0. The van der Waals surface area contributed by atoms with Gasteiger partial charge in [0.25, 0.3) is 0 Å². The Morgan fingerprint density at radius 2 is 1.75 bits per heavy atom. The van der Waals surface area contributed by atoms with Gasteiger partial charge in [0.15, 0.2) is 0 Å². The lowest BCUT2D eigenvalue weighted by atomic mass is 10.00. The van der Waals surface area contributed by atoms with E-state index in [4.69, 9.17) is 15.2 Å². The van der Waals surface area contributed by atoms with Crippen molar-refractivity contribution in [1.82, 2.24) is 4.90 Å². The molecule has 2 aromatic carbocycles. The zero-order valence-corrected chi connectivity index (χ0v) is 15.9. The van der Waals surface area contributed by atoms with E-state index in [0.717, 1.165) is 17.4 Å². The van der Waals surface area contributed by atoms with E-state index in [9.17, 15) is 13.6 Å². The molecule has 150 valence electrons. The third kappa shape index (κ3) is 4.48. The van der Waals surface area contributed by atoms with E-state index in [-0.39, 0.29) is 18.9 Å². The van der Waals surface area contributed by atoms with Gasteiger partial charge in [0.2, 0.25) is 5.91 Å². The Labute approximate surface area is 163 Å². The first-order valence-corrected chi connectivity index (χ1v) is 9.13. The van der Waals surface area contributed by atoms with Crippen LogP contribution in [-0.2, 0) is 22.4 Å². The average Bonchev–Trinajstić information content (AvgIpc) is 2.98. The molecule has 1 amide bonds. The third-order valence-corrected chi connectivity index (χ3v) is 4.96. The zero-order chi connectivity index (χ0) is 20.3. The lowest BCUT2D eigenvalue weighted by Gasteiger charge is -2.28. The Hall–Kier alpha value is -2.51. The smallest absolute Gasteiger partial charge is 0.221 e. The molecule has 1 aliphatic heterocycles. The average molecular weight is 390 g/mol. The maximum Gasteiger partial charge on any atom is 0.221 e. The largest absolute Gasteiger partial charge is 0.497 e. The molecule has 28 heavy (non-hydrogen) atoms. The van der Waals surface area contributed by atoms with Crippen LogP contribution in [0, 0.1) is 11.6 Å². The molecule has 5 nitrogen and oxygen atoms in total. The molecule has 3 rings (SSSR count). The molecule has 2 aromatic rings. The molecule has 3 atom stereocenters. The van der Waals surface area contributed by atoms with E-state index >= 15 is 0 Å². The van der Waals surface area contributed by atoms with Gasteiger partial charge in [0.1, 0.15) is 23.6 Å². The first kappa shape index (κ1) is 20.2. The summed E-state index contributed by atoms with van der Waals surface area (Å²) >= 11 is 0. The Bertz CT molecular complexity index is 809. The van der Waals surface area contributed by atoms with E-state index < -0.39 is 30.0 Å². The van der Waals surface area contributed by atoms with Crippen molar-refractivity contribution in [2.75, 3.05) is 13.7 Å². The minimum absolute atomic E-state index is 0.170. The van der Waals surface area contributed by atoms with Crippen molar-refractivity contribution in [3.63, 3.8) is 0 Å². The van der Waals surface area contributed by atoms with E-state index in [2.05, 4.69) is 0 Å². The van der Waals surface area contributed by atoms with Gasteiger partial charge in [-0.3, -0.25) is 4.79 Å². The second kappa shape index (κ2) is 8.67. The van der Waals surface area contributed by atoms with Gasteiger partial charge < -0.3 is 20.1 Å². The van der Waals surface area contributed by atoms with Crippen molar-refractivity contribution >= 4 is 5.91 Å². The highest BCUT2D eigenvalue weighted by atomic mass is 19.1. The molecular weight excluding hydrogens is 366 g/mol. The molecule has 0 bridgehead atoms. The van der Waals surface area contributed by atoms with Gasteiger partial charge in [0.05, 0.1) is 19.3 Å². The fourth-order valence-electron chi connectivity index (χ4n) is 3.71. The highest BCUT2D eigenvalue weighted by Crippen LogP contribution is 2.29. The summed E-state index contributed by atoms with van der Waals surface area (Å²) in [5, 5.41) is 0. The number of carbonyl (C=O) groups excluding carboxylic acids is 1. The topological polar surface area (TPSA) is 64.8 Å². The summed E-state index contributed by atoms with van der Waals surface area (Å²) in [6.07, 6.45) is -0.176. The third-order valence-electron chi connectivity index (χ3n) is 4.96. The minimum atomic E-state index is -0.651.